The minimum atomic E-state index is -0.732. The van der Waals surface area contributed by atoms with Gasteiger partial charge in [0.05, 0.1) is 12.5 Å². The van der Waals surface area contributed by atoms with E-state index in [1.165, 1.54) is 0 Å². The second kappa shape index (κ2) is 5.53. The van der Waals surface area contributed by atoms with E-state index in [2.05, 4.69) is 4.74 Å². The molecule has 0 bridgehead atoms. The van der Waals surface area contributed by atoms with Crippen molar-refractivity contribution in [1.29, 1.82) is 0 Å². The fourth-order valence-electron chi connectivity index (χ4n) is 1.17. The fraction of sp³-hybridized carbons (Fsp3) is 0.889. The van der Waals surface area contributed by atoms with Crippen molar-refractivity contribution >= 4 is 17.8 Å². The monoisotopic (exact) mass is 238 g/mol. The van der Waals surface area contributed by atoms with E-state index in [1.807, 2.05) is 0 Å². The van der Waals surface area contributed by atoms with Crippen molar-refractivity contribution in [3.05, 3.63) is 0 Å². The first-order valence-corrected chi connectivity index (χ1v) is 5.24. The Morgan fingerprint density at radius 2 is 2.27 bits per heavy atom. The number of halogens is 1. The molecule has 0 amide bonds. The van der Waals surface area contributed by atoms with Crippen LogP contribution in [0.5, 0.6) is 0 Å². The minimum Gasteiger partial charge on any atom is -0.433 e. The average molecular weight is 239 g/mol. The lowest BCUT2D eigenvalue weighted by Gasteiger charge is -2.16. The summed E-state index contributed by atoms with van der Waals surface area (Å²) in [7, 11) is 0. The van der Waals surface area contributed by atoms with Crippen LogP contribution >= 0.6 is 11.6 Å². The zero-order valence-electron chi connectivity index (χ0n) is 8.82. The lowest BCUT2D eigenvalue weighted by Crippen LogP contribution is -2.25. The summed E-state index contributed by atoms with van der Waals surface area (Å²) in [6.45, 7) is 4.30. The molecule has 1 saturated heterocycles. The summed E-state index contributed by atoms with van der Waals surface area (Å²) in [4.78, 5) is 10.9. The molecule has 0 saturated carbocycles. The third kappa shape index (κ3) is 4.68. The summed E-state index contributed by atoms with van der Waals surface area (Å²) in [6.07, 6.45) is -0.965. The van der Waals surface area contributed by atoms with Crippen LogP contribution in [0.2, 0.25) is 0 Å². The number of carbonyl (C=O) groups excluding carboxylic acids is 1. The van der Waals surface area contributed by atoms with Gasteiger partial charge in [-0.3, -0.25) is 0 Å². The summed E-state index contributed by atoms with van der Waals surface area (Å²) in [5.41, 5.74) is 0. The highest BCUT2D eigenvalue weighted by Gasteiger charge is 2.33. The first-order valence-electron chi connectivity index (χ1n) is 4.71. The number of hydrogen-bond donors (Lipinski definition) is 0. The highest BCUT2D eigenvalue weighted by Crippen LogP contribution is 2.22. The third-order valence-electron chi connectivity index (χ3n) is 1.75. The van der Waals surface area contributed by atoms with Gasteiger partial charge in [0.2, 0.25) is 0 Å². The molecule has 0 unspecified atom stereocenters. The van der Waals surface area contributed by atoms with Crippen molar-refractivity contribution < 1.29 is 23.7 Å². The Bertz CT molecular complexity index is 219. The Morgan fingerprint density at radius 3 is 2.80 bits per heavy atom. The van der Waals surface area contributed by atoms with Crippen molar-refractivity contribution in [1.82, 2.24) is 0 Å². The van der Waals surface area contributed by atoms with Gasteiger partial charge in [-0.25, -0.2) is 4.79 Å². The first-order chi connectivity index (χ1) is 7.03. The molecular formula is C9H15ClO5. The number of hydrogen-bond acceptors (Lipinski definition) is 5. The zero-order chi connectivity index (χ0) is 11.3. The number of rotatable bonds is 4. The second-order valence-electron chi connectivity index (χ2n) is 3.55. The molecule has 15 heavy (non-hydrogen) atoms. The van der Waals surface area contributed by atoms with Gasteiger partial charge >= 0.3 is 6.16 Å². The van der Waals surface area contributed by atoms with Crippen LogP contribution in [0.4, 0.5) is 4.79 Å². The molecule has 1 aliphatic heterocycles. The van der Waals surface area contributed by atoms with Crippen molar-refractivity contribution in [3.8, 4) is 0 Å². The molecule has 0 aromatic carbocycles. The SMILES string of the molecule is CC1(C)OC[C@@H](COC(=O)OCCCl)O1. The summed E-state index contributed by atoms with van der Waals surface area (Å²) >= 11 is 5.33. The van der Waals surface area contributed by atoms with Crippen molar-refractivity contribution in [2.75, 3.05) is 25.7 Å². The predicted molar refractivity (Wildman–Crippen MR) is 52.9 cm³/mol. The largest absolute Gasteiger partial charge is 0.508 e. The maximum atomic E-state index is 10.9. The standard InChI is InChI=1S/C9H15ClO5/c1-9(2)14-6-7(15-9)5-13-8(11)12-4-3-10/h7H,3-6H2,1-2H3/t7-/m1/s1. The molecule has 0 spiro atoms. The minimum absolute atomic E-state index is 0.130. The molecule has 0 N–H and O–H groups in total. The van der Waals surface area contributed by atoms with E-state index in [0.717, 1.165) is 0 Å². The zero-order valence-corrected chi connectivity index (χ0v) is 9.58. The van der Waals surface area contributed by atoms with Crippen molar-refractivity contribution in [3.63, 3.8) is 0 Å². The molecule has 88 valence electrons. The van der Waals surface area contributed by atoms with Gasteiger partial charge in [-0.05, 0) is 13.8 Å². The molecule has 0 radical (unpaired) electrons. The fourth-order valence-corrected chi connectivity index (χ4v) is 1.25. The molecular weight excluding hydrogens is 224 g/mol. The van der Waals surface area contributed by atoms with E-state index in [1.54, 1.807) is 13.8 Å². The van der Waals surface area contributed by atoms with Crippen LogP contribution in [0.3, 0.4) is 0 Å². The lowest BCUT2D eigenvalue weighted by molar-refractivity contribution is -0.143. The van der Waals surface area contributed by atoms with E-state index in [4.69, 9.17) is 25.8 Å². The van der Waals surface area contributed by atoms with E-state index in [-0.39, 0.29) is 25.2 Å². The summed E-state index contributed by atoms with van der Waals surface area (Å²) < 4.78 is 20.1. The number of alkyl halides is 1. The van der Waals surface area contributed by atoms with E-state index >= 15 is 0 Å². The Morgan fingerprint density at radius 1 is 1.53 bits per heavy atom. The predicted octanol–water partition coefficient (Wildman–Crippen LogP) is 1.53. The van der Waals surface area contributed by atoms with Gasteiger partial charge in [-0.15, -0.1) is 11.6 Å². The quantitative estimate of drug-likeness (QED) is 0.549. The molecule has 1 rings (SSSR count). The van der Waals surface area contributed by atoms with Crippen LogP contribution in [-0.4, -0.2) is 43.7 Å². The molecule has 0 aliphatic carbocycles. The maximum absolute atomic E-state index is 10.9. The third-order valence-corrected chi connectivity index (χ3v) is 1.91. The Hall–Kier alpha value is -0.520. The number of carbonyl (C=O) groups is 1. The normalized spacial score (nSPS) is 23.8. The molecule has 0 aromatic heterocycles. The molecule has 1 fully saturated rings. The van der Waals surface area contributed by atoms with Gasteiger partial charge in [0.25, 0.3) is 0 Å². The molecule has 1 aliphatic rings. The molecule has 0 aromatic rings. The van der Waals surface area contributed by atoms with Crippen LogP contribution < -0.4 is 0 Å². The van der Waals surface area contributed by atoms with Gasteiger partial charge in [-0.1, -0.05) is 0 Å². The average Bonchev–Trinajstić information content (AvgIpc) is 2.52. The van der Waals surface area contributed by atoms with Crippen LogP contribution in [0, 0.1) is 0 Å². The van der Waals surface area contributed by atoms with Gasteiger partial charge < -0.3 is 18.9 Å². The highest BCUT2D eigenvalue weighted by molar-refractivity contribution is 6.18. The summed E-state index contributed by atoms with van der Waals surface area (Å²) in [6, 6.07) is 0. The molecule has 6 heteroatoms. The number of ether oxygens (including phenoxy) is 4. The van der Waals surface area contributed by atoms with Gasteiger partial charge in [-0.2, -0.15) is 0 Å². The molecule has 1 heterocycles. The lowest BCUT2D eigenvalue weighted by atomic mass is 10.4. The molecule has 1 atom stereocenters. The van der Waals surface area contributed by atoms with Gasteiger partial charge in [0, 0.05) is 0 Å². The molecule has 5 nitrogen and oxygen atoms in total. The van der Waals surface area contributed by atoms with Crippen molar-refractivity contribution in [2.24, 2.45) is 0 Å². The van der Waals surface area contributed by atoms with E-state index in [9.17, 15) is 4.79 Å². The highest BCUT2D eigenvalue weighted by atomic mass is 35.5. The summed E-state index contributed by atoms with van der Waals surface area (Å²) in [5.74, 6) is -0.348. The van der Waals surface area contributed by atoms with Crippen molar-refractivity contribution in [2.45, 2.75) is 25.7 Å². The topological polar surface area (TPSA) is 54.0 Å². The van der Waals surface area contributed by atoms with E-state index in [0.29, 0.717) is 6.61 Å². The smallest absolute Gasteiger partial charge is 0.433 e. The van der Waals surface area contributed by atoms with Crippen LogP contribution in [0.1, 0.15) is 13.8 Å². The maximum Gasteiger partial charge on any atom is 0.508 e. The first kappa shape index (κ1) is 12.5. The van der Waals surface area contributed by atoms with Gasteiger partial charge in [0.1, 0.15) is 19.3 Å². The van der Waals surface area contributed by atoms with Crippen LogP contribution in [-0.2, 0) is 18.9 Å². The Kier molecular flexibility index (Phi) is 4.63. The Balaban J connectivity index is 2.13. The summed E-state index contributed by atoms with van der Waals surface area (Å²) in [5, 5.41) is 0. The van der Waals surface area contributed by atoms with E-state index < -0.39 is 11.9 Å². The van der Waals surface area contributed by atoms with Gasteiger partial charge in [0.15, 0.2) is 5.79 Å². The second-order valence-corrected chi connectivity index (χ2v) is 3.93. The van der Waals surface area contributed by atoms with Crippen LogP contribution in [0.25, 0.3) is 0 Å². The Labute approximate surface area is 93.6 Å². The van der Waals surface area contributed by atoms with Crippen LogP contribution in [0.15, 0.2) is 0 Å².